The van der Waals surface area contributed by atoms with E-state index in [-0.39, 0.29) is 5.41 Å². The predicted octanol–water partition coefficient (Wildman–Crippen LogP) is 3.19. The smallest absolute Gasteiger partial charge is 0.313 e. The number of hydrogen-bond donors (Lipinski definition) is 2. The van der Waals surface area contributed by atoms with Crippen LogP contribution in [0.3, 0.4) is 0 Å². The van der Waals surface area contributed by atoms with E-state index < -0.39 is 11.8 Å². The Labute approximate surface area is 150 Å². The molecule has 2 N–H and O–H groups in total. The highest BCUT2D eigenvalue weighted by atomic mass is 32.1. The lowest BCUT2D eigenvalue weighted by Crippen LogP contribution is -2.43. The van der Waals surface area contributed by atoms with Gasteiger partial charge < -0.3 is 10.6 Å². The van der Waals surface area contributed by atoms with E-state index in [2.05, 4.69) is 22.1 Å². The number of rotatable bonds is 4. The van der Waals surface area contributed by atoms with Gasteiger partial charge in [-0.2, -0.15) is 16.6 Å². The van der Waals surface area contributed by atoms with Crippen molar-refractivity contribution in [2.45, 2.75) is 31.1 Å². The molecule has 0 atom stereocenters. The van der Waals surface area contributed by atoms with Crippen LogP contribution in [0.25, 0.3) is 0 Å². The third-order valence-corrected chi connectivity index (χ3v) is 5.47. The summed E-state index contributed by atoms with van der Waals surface area (Å²) in [7, 11) is 0. The molecule has 1 saturated carbocycles. The topological polar surface area (TPSA) is 82.0 Å². The number of amides is 2. The normalized spacial score (nSPS) is 15.3. The molecule has 2 amide bonds. The lowest BCUT2D eigenvalue weighted by molar-refractivity contribution is -0.136. The molecular formula is C19H19N3O2S. The van der Waals surface area contributed by atoms with Gasteiger partial charge in [-0.3, -0.25) is 9.59 Å². The molecule has 1 aliphatic rings. The summed E-state index contributed by atoms with van der Waals surface area (Å²) >= 11 is 1.65. The van der Waals surface area contributed by atoms with E-state index in [4.69, 9.17) is 5.26 Å². The third-order valence-electron chi connectivity index (χ3n) is 4.78. The molecule has 128 valence electrons. The number of para-hydroxylation sites is 1. The van der Waals surface area contributed by atoms with Gasteiger partial charge >= 0.3 is 11.8 Å². The quantitative estimate of drug-likeness (QED) is 0.828. The van der Waals surface area contributed by atoms with Gasteiger partial charge in [0.15, 0.2) is 0 Å². The molecule has 1 heterocycles. The Morgan fingerprint density at radius 1 is 1.16 bits per heavy atom. The van der Waals surface area contributed by atoms with Gasteiger partial charge in [-0.15, -0.1) is 0 Å². The first-order chi connectivity index (χ1) is 12.1. The summed E-state index contributed by atoms with van der Waals surface area (Å²) in [5, 5.41) is 18.5. The van der Waals surface area contributed by atoms with Gasteiger partial charge in [0.1, 0.15) is 6.07 Å². The first-order valence-electron chi connectivity index (χ1n) is 8.26. The zero-order chi connectivity index (χ0) is 17.7. The Bertz CT molecular complexity index is 802. The number of nitriles is 1. The average molecular weight is 353 g/mol. The zero-order valence-electron chi connectivity index (χ0n) is 13.7. The van der Waals surface area contributed by atoms with Crippen molar-refractivity contribution in [3.05, 3.63) is 52.2 Å². The van der Waals surface area contributed by atoms with E-state index in [1.807, 2.05) is 11.4 Å². The molecule has 0 unspecified atom stereocenters. The van der Waals surface area contributed by atoms with Crippen molar-refractivity contribution < 1.29 is 9.59 Å². The second kappa shape index (κ2) is 7.49. The maximum atomic E-state index is 12.2. The largest absolute Gasteiger partial charge is 0.347 e. The van der Waals surface area contributed by atoms with Crippen molar-refractivity contribution in [2.75, 3.05) is 11.9 Å². The highest BCUT2D eigenvalue weighted by molar-refractivity contribution is 7.08. The monoisotopic (exact) mass is 353 g/mol. The molecule has 25 heavy (non-hydrogen) atoms. The number of anilines is 1. The SMILES string of the molecule is N#Cc1ccccc1NC(=O)C(=O)NCC1(c2ccsc2)CCCC1. The van der Waals surface area contributed by atoms with Crippen LogP contribution in [0.4, 0.5) is 5.69 Å². The molecule has 1 aromatic heterocycles. The van der Waals surface area contributed by atoms with Crippen LogP contribution in [0.15, 0.2) is 41.1 Å². The highest BCUT2D eigenvalue weighted by Crippen LogP contribution is 2.41. The zero-order valence-corrected chi connectivity index (χ0v) is 14.6. The van der Waals surface area contributed by atoms with Crippen molar-refractivity contribution in [3.63, 3.8) is 0 Å². The van der Waals surface area contributed by atoms with Crippen LogP contribution in [0.2, 0.25) is 0 Å². The number of nitrogens with one attached hydrogen (secondary N) is 2. The molecule has 0 spiro atoms. The number of carbonyl (C=O) groups is 2. The maximum absolute atomic E-state index is 12.2. The Morgan fingerprint density at radius 3 is 2.60 bits per heavy atom. The van der Waals surface area contributed by atoms with E-state index in [1.54, 1.807) is 35.6 Å². The predicted molar refractivity (Wildman–Crippen MR) is 97.3 cm³/mol. The molecule has 6 heteroatoms. The van der Waals surface area contributed by atoms with Crippen LogP contribution < -0.4 is 10.6 Å². The summed E-state index contributed by atoms with van der Waals surface area (Å²) < 4.78 is 0. The number of thiophene rings is 1. The second-order valence-corrected chi connectivity index (χ2v) is 7.07. The average Bonchev–Trinajstić information content (AvgIpc) is 3.32. The van der Waals surface area contributed by atoms with E-state index in [1.165, 1.54) is 5.56 Å². The van der Waals surface area contributed by atoms with Crippen LogP contribution in [0, 0.1) is 11.3 Å². The van der Waals surface area contributed by atoms with Gasteiger partial charge in [0.25, 0.3) is 0 Å². The van der Waals surface area contributed by atoms with Crippen molar-refractivity contribution in [1.82, 2.24) is 5.32 Å². The van der Waals surface area contributed by atoms with Gasteiger partial charge in [0, 0.05) is 12.0 Å². The van der Waals surface area contributed by atoms with Crippen LogP contribution in [0.1, 0.15) is 36.8 Å². The number of benzene rings is 1. The van der Waals surface area contributed by atoms with Crippen LogP contribution in [0.5, 0.6) is 0 Å². The fourth-order valence-corrected chi connectivity index (χ4v) is 4.16. The van der Waals surface area contributed by atoms with Crippen molar-refractivity contribution in [3.8, 4) is 6.07 Å². The molecule has 1 aliphatic carbocycles. The van der Waals surface area contributed by atoms with Gasteiger partial charge in [-0.05, 0) is 47.4 Å². The van der Waals surface area contributed by atoms with Crippen LogP contribution >= 0.6 is 11.3 Å². The van der Waals surface area contributed by atoms with E-state index in [0.717, 1.165) is 25.7 Å². The minimum absolute atomic E-state index is 0.0689. The Hall–Kier alpha value is -2.65. The van der Waals surface area contributed by atoms with Crippen LogP contribution in [-0.4, -0.2) is 18.4 Å². The Balaban J connectivity index is 1.64. The lowest BCUT2D eigenvalue weighted by Gasteiger charge is -2.28. The standard InChI is InChI=1S/C19H19N3O2S/c20-11-14-5-1-2-6-16(14)22-18(24)17(23)21-13-19(8-3-4-9-19)15-7-10-25-12-15/h1-2,5-7,10,12H,3-4,8-9,13H2,(H,21,23)(H,22,24). The number of carbonyl (C=O) groups excluding carboxylic acids is 2. The molecule has 0 saturated heterocycles. The molecule has 2 aromatic rings. The third kappa shape index (κ3) is 3.72. The molecule has 5 nitrogen and oxygen atoms in total. The minimum atomic E-state index is -0.749. The summed E-state index contributed by atoms with van der Waals surface area (Å²) in [5.41, 5.74) is 1.85. The summed E-state index contributed by atoms with van der Waals surface area (Å²) in [6, 6.07) is 10.7. The Morgan fingerprint density at radius 2 is 1.92 bits per heavy atom. The first kappa shape index (κ1) is 17.2. The number of nitrogens with zero attached hydrogens (tertiary/aromatic N) is 1. The maximum Gasteiger partial charge on any atom is 0.313 e. The van der Waals surface area contributed by atoms with Crippen molar-refractivity contribution >= 4 is 28.8 Å². The van der Waals surface area contributed by atoms with Gasteiger partial charge in [0.2, 0.25) is 0 Å². The van der Waals surface area contributed by atoms with Crippen molar-refractivity contribution in [1.29, 1.82) is 5.26 Å². The fourth-order valence-electron chi connectivity index (χ4n) is 3.38. The van der Waals surface area contributed by atoms with E-state index >= 15 is 0 Å². The molecule has 1 aromatic carbocycles. The van der Waals surface area contributed by atoms with E-state index in [9.17, 15) is 9.59 Å². The molecule has 0 radical (unpaired) electrons. The van der Waals surface area contributed by atoms with E-state index in [0.29, 0.717) is 17.8 Å². The Kier molecular flexibility index (Phi) is 5.15. The first-order valence-corrected chi connectivity index (χ1v) is 9.20. The molecule has 1 fully saturated rings. The summed E-state index contributed by atoms with van der Waals surface area (Å²) in [6.07, 6.45) is 4.30. The van der Waals surface area contributed by atoms with Crippen molar-refractivity contribution in [2.24, 2.45) is 0 Å². The molecule has 0 aliphatic heterocycles. The minimum Gasteiger partial charge on any atom is -0.347 e. The second-order valence-electron chi connectivity index (χ2n) is 6.29. The van der Waals surface area contributed by atoms with Gasteiger partial charge in [-0.1, -0.05) is 25.0 Å². The molecule has 3 rings (SSSR count). The van der Waals surface area contributed by atoms with Gasteiger partial charge in [-0.25, -0.2) is 0 Å². The number of hydrogen-bond acceptors (Lipinski definition) is 4. The highest BCUT2D eigenvalue weighted by Gasteiger charge is 2.36. The molecule has 0 bridgehead atoms. The summed E-state index contributed by atoms with van der Waals surface area (Å²) in [4.78, 5) is 24.4. The van der Waals surface area contributed by atoms with Crippen LogP contribution in [-0.2, 0) is 15.0 Å². The molecular weight excluding hydrogens is 334 g/mol. The summed E-state index contributed by atoms with van der Waals surface area (Å²) in [6.45, 7) is 0.454. The van der Waals surface area contributed by atoms with Gasteiger partial charge in [0.05, 0.1) is 11.3 Å². The fraction of sp³-hybridized carbons (Fsp3) is 0.316. The lowest BCUT2D eigenvalue weighted by atomic mass is 9.80. The summed E-state index contributed by atoms with van der Waals surface area (Å²) in [5.74, 6) is -1.42.